The molecule has 2 aromatic carbocycles. The minimum absolute atomic E-state index is 0.161. The van der Waals surface area contributed by atoms with Crippen molar-refractivity contribution in [1.82, 2.24) is 19.7 Å². The Kier molecular flexibility index (Phi) is 7.24. The number of para-hydroxylation sites is 2. The third-order valence-corrected chi connectivity index (χ3v) is 6.59. The molecule has 0 aliphatic heterocycles. The zero-order chi connectivity index (χ0) is 23.4. The van der Waals surface area contributed by atoms with E-state index in [-0.39, 0.29) is 17.4 Å². The molecular weight excluding hydrogens is 461 g/mol. The predicted molar refractivity (Wildman–Crippen MR) is 129 cm³/mol. The van der Waals surface area contributed by atoms with E-state index in [1.165, 1.54) is 29.2 Å². The summed E-state index contributed by atoms with van der Waals surface area (Å²) < 4.78 is 22.8. The number of aromatic nitrogens is 4. The maximum atomic E-state index is 14.0. The zero-order valence-electron chi connectivity index (χ0n) is 18.5. The van der Waals surface area contributed by atoms with Crippen molar-refractivity contribution in [2.24, 2.45) is 5.92 Å². The van der Waals surface area contributed by atoms with E-state index in [1.54, 1.807) is 18.2 Å². The predicted octanol–water partition coefficient (Wildman–Crippen LogP) is 5.55. The number of rotatable bonds is 9. The summed E-state index contributed by atoms with van der Waals surface area (Å²) in [6, 6.07) is 14.0. The summed E-state index contributed by atoms with van der Waals surface area (Å²) in [6.07, 6.45) is -0.515. The highest BCUT2D eigenvalue weighted by Crippen LogP contribution is 2.28. The first-order chi connectivity index (χ1) is 15.9. The fraction of sp³-hybridized carbons (Fsp3) is 0.304. The molecule has 0 aliphatic carbocycles. The Morgan fingerprint density at radius 1 is 1.15 bits per heavy atom. The molecule has 2 heterocycles. The average molecular weight is 486 g/mol. The lowest BCUT2D eigenvalue weighted by Crippen LogP contribution is -2.17. The minimum Gasteiger partial charge on any atom is -0.480 e. The van der Waals surface area contributed by atoms with E-state index in [4.69, 9.17) is 4.74 Å². The number of thioether (sulfide) groups is 1. The molecule has 0 bridgehead atoms. The van der Waals surface area contributed by atoms with Crippen molar-refractivity contribution in [1.29, 1.82) is 0 Å². The lowest BCUT2D eigenvalue weighted by Gasteiger charge is -2.18. The Bertz CT molecular complexity index is 1220. The highest BCUT2D eigenvalue weighted by Gasteiger charge is 2.22. The summed E-state index contributed by atoms with van der Waals surface area (Å²) in [4.78, 5) is 17.0. The number of fused-ring (bicyclic) bond motifs is 1. The van der Waals surface area contributed by atoms with Gasteiger partial charge in [0.15, 0.2) is 33.8 Å². The van der Waals surface area contributed by atoms with E-state index in [9.17, 15) is 9.18 Å². The second-order valence-corrected chi connectivity index (χ2v) is 9.83. The van der Waals surface area contributed by atoms with Gasteiger partial charge in [-0.25, -0.2) is 9.37 Å². The summed E-state index contributed by atoms with van der Waals surface area (Å²) in [6.45, 7) is 6.62. The quantitative estimate of drug-likeness (QED) is 0.313. The van der Waals surface area contributed by atoms with Gasteiger partial charge < -0.3 is 14.6 Å². The van der Waals surface area contributed by atoms with Gasteiger partial charge in [-0.05, 0) is 37.1 Å². The van der Waals surface area contributed by atoms with Crippen LogP contribution in [0.5, 0.6) is 5.75 Å². The summed E-state index contributed by atoms with van der Waals surface area (Å²) in [7, 11) is 0. The second-order valence-electron chi connectivity index (χ2n) is 7.86. The number of anilines is 1. The first-order valence-corrected chi connectivity index (χ1v) is 12.3. The van der Waals surface area contributed by atoms with Crippen LogP contribution < -0.4 is 10.1 Å². The largest absolute Gasteiger partial charge is 0.480 e. The van der Waals surface area contributed by atoms with Crippen LogP contribution in [-0.4, -0.2) is 31.4 Å². The molecule has 2 aromatic heterocycles. The monoisotopic (exact) mass is 485 g/mol. The molecule has 0 radical (unpaired) electrons. The highest BCUT2D eigenvalue weighted by atomic mass is 32.2. The van der Waals surface area contributed by atoms with Crippen LogP contribution in [0.15, 0.2) is 53.7 Å². The van der Waals surface area contributed by atoms with E-state index in [1.807, 2.05) is 35.8 Å². The van der Waals surface area contributed by atoms with E-state index in [2.05, 4.69) is 34.3 Å². The molecule has 0 spiro atoms. The molecule has 0 saturated carbocycles. The van der Waals surface area contributed by atoms with Crippen LogP contribution in [-0.2, 0) is 11.3 Å². The van der Waals surface area contributed by atoms with Crippen LogP contribution in [0.25, 0.3) is 10.2 Å². The Balaban J connectivity index is 1.44. The number of nitrogens with zero attached hydrogens (tertiary/aromatic N) is 4. The second kappa shape index (κ2) is 10.3. The summed E-state index contributed by atoms with van der Waals surface area (Å²) in [5.41, 5.74) is 0.857. The van der Waals surface area contributed by atoms with Crippen molar-refractivity contribution in [3.8, 4) is 5.75 Å². The number of nitrogens with one attached hydrogen (secondary N) is 1. The molecule has 0 fully saturated rings. The van der Waals surface area contributed by atoms with Gasteiger partial charge in [0.1, 0.15) is 0 Å². The van der Waals surface area contributed by atoms with Gasteiger partial charge in [0.2, 0.25) is 5.91 Å². The number of carbonyl (C=O) groups is 1. The number of halogens is 1. The molecule has 0 aliphatic rings. The number of amides is 1. The van der Waals surface area contributed by atoms with Gasteiger partial charge in [-0.3, -0.25) is 4.79 Å². The number of hydrogen-bond acceptors (Lipinski definition) is 7. The van der Waals surface area contributed by atoms with Gasteiger partial charge in [0, 0.05) is 6.54 Å². The Hall–Kier alpha value is -2.98. The molecule has 172 valence electrons. The summed E-state index contributed by atoms with van der Waals surface area (Å²) >= 11 is 2.73. The van der Waals surface area contributed by atoms with Crippen molar-refractivity contribution in [2.45, 2.75) is 38.6 Å². The standard InChI is InChI=1S/C23H24FN5O2S2/c1-14(2)12-29-21(15(3)31-18-10-6-4-8-16(18)24)27-28-23(29)32-13-20(30)26-22-25-17-9-5-7-11-19(17)33-22/h4-11,14-15H,12-13H2,1-3H3,(H,25,26,30). The van der Waals surface area contributed by atoms with Gasteiger partial charge in [-0.15, -0.1) is 10.2 Å². The first-order valence-electron chi connectivity index (χ1n) is 10.5. The fourth-order valence-electron chi connectivity index (χ4n) is 3.24. The Morgan fingerprint density at radius 3 is 2.67 bits per heavy atom. The van der Waals surface area contributed by atoms with E-state index < -0.39 is 11.9 Å². The minimum atomic E-state index is -0.515. The fourth-order valence-corrected chi connectivity index (χ4v) is 4.88. The summed E-state index contributed by atoms with van der Waals surface area (Å²) in [5, 5.41) is 12.6. The number of carbonyl (C=O) groups excluding carboxylic acids is 1. The van der Waals surface area contributed by atoms with Gasteiger partial charge in [0.05, 0.1) is 16.0 Å². The first kappa shape index (κ1) is 23.2. The number of benzene rings is 2. The van der Waals surface area contributed by atoms with Crippen molar-refractivity contribution in [2.75, 3.05) is 11.1 Å². The topological polar surface area (TPSA) is 81.9 Å². The van der Waals surface area contributed by atoms with Gasteiger partial charge in [-0.2, -0.15) is 0 Å². The van der Waals surface area contributed by atoms with Crippen molar-refractivity contribution >= 4 is 44.4 Å². The molecule has 7 nitrogen and oxygen atoms in total. The zero-order valence-corrected chi connectivity index (χ0v) is 20.1. The molecule has 1 atom stereocenters. The lowest BCUT2D eigenvalue weighted by atomic mass is 10.2. The van der Waals surface area contributed by atoms with E-state index in [0.717, 1.165) is 10.2 Å². The molecule has 33 heavy (non-hydrogen) atoms. The number of ether oxygens (including phenoxy) is 1. The normalized spacial score (nSPS) is 12.3. The van der Waals surface area contributed by atoms with Crippen molar-refractivity contribution < 1.29 is 13.9 Å². The van der Waals surface area contributed by atoms with Crippen LogP contribution in [0, 0.1) is 11.7 Å². The van der Waals surface area contributed by atoms with Crippen molar-refractivity contribution in [3.05, 3.63) is 60.2 Å². The molecule has 10 heteroatoms. The SMILES string of the molecule is CC(C)Cn1c(SCC(=O)Nc2nc3ccccc3s2)nnc1C(C)Oc1ccccc1F. The maximum Gasteiger partial charge on any atom is 0.236 e. The Morgan fingerprint density at radius 2 is 1.91 bits per heavy atom. The van der Waals surface area contributed by atoms with Gasteiger partial charge in [0.25, 0.3) is 0 Å². The van der Waals surface area contributed by atoms with Crippen LogP contribution >= 0.6 is 23.1 Å². The molecule has 4 aromatic rings. The molecule has 1 unspecified atom stereocenters. The van der Waals surface area contributed by atoms with Gasteiger partial charge >= 0.3 is 0 Å². The third kappa shape index (κ3) is 5.69. The number of thiazole rings is 1. The molecule has 1 N–H and O–H groups in total. The van der Waals surface area contributed by atoms with E-state index >= 15 is 0 Å². The smallest absolute Gasteiger partial charge is 0.236 e. The van der Waals surface area contributed by atoms with Crippen LogP contribution in [0.4, 0.5) is 9.52 Å². The van der Waals surface area contributed by atoms with E-state index in [0.29, 0.717) is 28.6 Å². The third-order valence-electron chi connectivity index (χ3n) is 4.67. The molecule has 1 amide bonds. The van der Waals surface area contributed by atoms with Crippen LogP contribution in [0.2, 0.25) is 0 Å². The summed E-state index contributed by atoms with van der Waals surface area (Å²) in [5.74, 6) is 0.621. The molecule has 0 saturated heterocycles. The van der Waals surface area contributed by atoms with Crippen molar-refractivity contribution in [3.63, 3.8) is 0 Å². The Labute approximate surface area is 199 Å². The van der Waals surface area contributed by atoms with Gasteiger partial charge in [-0.1, -0.05) is 61.2 Å². The lowest BCUT2D eigenvalue weighted by molar-refractivity contribution is -0.113. The van der Waals surface area contributed by atoms with Crippen LogP contribution in [0.3, 0.4) is 0 Å². The maximum absolute atomic E-state index is 14.0. The highest BCUT2D eigenvalue weighted by molar-refractivity contribution is 7.99. The molecular formula is C23H24FN5O2S2. The molecule has 4 rings (SSSR count). The average Bonchev–Trinajstić information content (AvgIpc) is 3.36. The number of hydrogen-bond donors (Lipinski definition) is 1. The van der Waals surface area contributed by atoms with Crippen LogP contribution in [0.1, 0.15) is 32.7 Å².